The third-order valence-corrected chi connectivity index (χ3v) is 3.37. The highest BCUT2D eigenvalue weighted by Crippen LogP contribution is 2.20. The molecule has 2 aromatic rings. The smallest absolute Gasteiger partial charge is 0.247 e. The van der Waals surface area contributed by atoms with Crippen molar-refractivity contribution < 1.29 is 4.42 Å². The summed E-state index contributed by atoms with van der Waals surface area (Å²) >= 11 is 0. The molecule has 0 saturated heterocycles. The van der Waals surface area contributed by atoms with Crippen LogP contribution in [0.5, 0.6) is 0 Å². The van der Waals surface area contributed by atoms with Gasteiger partial charge in [0.05, 0.1) is 0 Å². The van der Waals surface area contributed by atoms with E-state index in [1.807, 2.05) is 6.07 Å². The van der Waals surface area contributed by atoms with Crippen LogP contribution in [-0.2, 0) is 0 Å². The molecule has 15 heavy (non-hydrogen) atoms. The number of hydrogen-bond donors (Lipinski definition) is 0. The molecule has 0 aliphatic rings. The summed E-state index contributed by atoms with van der Waals surface area (Å²) in [6, 6.07) is 6.26. The van der Waals surface area contributed by atoms with Crippen molar-refractivity contribution in [3.05, 3.63) is 29.7 Å². The predicted molar refractivity (Wildman–Crippen MR) is 63.1 cm³/mol. The molecule has 0 N–H and O–H groups in total. The van der Waals surface area contributed by atoms with Crippen LogP contribution in [0.15, 0.2) is 22.6 Å². The Morgan fingerprint density at radius 1 is 1.20 bits per heavy atom. The van der Waals surface area contributed by atoms with E-state index in [1.54, 1.807) is 6.92 Å². The van der Waals surface area contributed by atoms with Crippen LogP contribution in [0, 0.1) is 13.8 Å². The Balaban J connectivity index is 2.42. The molecule has 1 aromatic heterocycles. The topological polar surface area (TPSA) is 38.9 Å². The quantitative estimate of drug-likeness (QED) is 0.729. The molecular formula is C11H13N2OP. The van der Waals surface area contributed by atoms with Crippen LogP contribution in [-0.4, -0.2) is 16.9 Å². The maximum Gasteiger partial charge on any atom is 0.247 e. The van der Waals surface area contributed by atoms with Crippen molar-refractivity contribution in [1.82, 2.24) is 10.2 Å². The second kappa shape index (κ2) is 4.11. The highest BCUT2D eigenvalue weighted by molar-refractivity contribution is 7.46. The number of aromatic nitrogens is 2. The van der Waals surface area contributed by atoms with Gasteiger partial charge in [-0.3, -0.25) is 0 Å². The summed E-state index contributed by atoms with van der Waals surface area (Å²) in [6.07, 6.45) is 0. The standard InChI is InChI=1S/C11H13N2OP/c1-7-6-9(4-5-10(7)15-3)11-13-12-8(2)14-11/h4-6,15H,1-3H3. The molecule has 0 spiro atoms. The molecule has 1 atom stereocenters. The van der Waals surface area contributed by atoms with Crippen molar-refractivity contribution in [2.24, 2.45) is 0 Å². The SMILES string of the molecule is CPc1ccc(-c2nnc(C)o2)cc1C. The number of aryl methyl sites for hydroxylation is 2. The zero-order valence-electron chi connectivity index (χ0n) is 9.03. The molecule has 0 aliphatic heterocycles. The number of rotatable bonds is 2. The van der Waals surface area contributed by atoms with E-state index in [4.69, 9.17) is 4.42 Å². The summed E-state index contributed by atoms with van der Waals surface area (Å²) in [6.45, 7) is 6.09. The minimum Gasteiger partial charge on any atom is -0.421 e. The molecule has 0 amide bonds. The summed E-state index contributed by atoms with van der Waals surface area (Å²) in [7, 11) is 0.821. The summed E-state index contributed by atoms with van der Waals surface area (Å²) in [5.41, 5.74) is 2.28. The number of hydrogen-bond acceptors (Lipinski definition) is 3. The number of benzene rings is 1. The van der Waals surface area contributed by atoms with Gasteiger partial charge in [-0.15, -0.1) is 10.2 Å². The van der Waals surface area contributed by atoms with Crippen molar-refractivity contribution in [2.45, 2.75) is 13.8 Å². The minimum atomic E-state index is 0.599. The molecule has 0 radical (unpaired) electrons. The molecule has 2 rings (SSSR count). The Morgan fingerprint density at radius 2 is 2.00 bits per heavy atom. The Labute approximate surface area is 90.7 Å². The molecule has 0 aliphatic carbocycles. The van der Waals surface area contributed by atoms with E-state index in [-0.39, 0.29) is 0 Å². The maximum atomic E-state index is 5.38. The van der Waals surface area contributed by atoms with Crippen LogP contribution >= 0.6 is 8.58 Å². The fourth-order valence-corrected chi connectivity index (χ4v) is 2.21. The van der Waals surface area contributed by atoms with Gasteiger partial charge in [0.1, 0.15) is 0 Å². The van der Waals surface area contributed by atoms with Gasteiger partial charge in [-0.25, -0.2) is 0 Å². The molecule has 0 fully saturated rings. The second-order valence-electron chi connectivity index (χ2n) is 3.41. The lowest BCUT2D eigenvalue weighted by molar-refractivity contribution is 0.533. The van der Waals surface area contributed by atoms with Gasteiger partial charge in [-0.1, -0.05) is 14.6 Å². The minimum absolute atomic E-state index is 0.599. The lowest BCUT2D eigenvalue weighted by Gasteiger charge is -2.03. The molecule has 1 unspecified atom stereocenters. The molecule has 0 saturated carbocycles. The zero-order chi connectivity index (χ0) is 10.8. The van der Waals surface area contributed by atoms with Crippen molar-refractivity contribution in [2.75, 3.05) is 6.66 Å². The van der Waals surface area contributed by atoms with Crippen LogP contribution in [0.4, 0.5) is 0 Å². The highest BCUT2D eigenvalue weighted by Gasteiger charge is 2.06. The zero-order valence-corrected chi connectivity index (χ0v) is 10.0. The molecular weight excluding hydrogens is 207 g/mol. The molecule has 0 bridgehead atoms. The van der Waals surface area contributed by atoms with E-state index < -0.39 is 0 Å². The maximum absolute atomic E-state index is 5.38. The van der Waals surface area contributed by atoms with E-state index >= 15 is 0 Å². The predicted octanol–water partition coefficient (Wildman–Crippen LogP) is 2.29. The first-order chi connectivity index (χ1) is 7.20. The lowest BCUT2D eigenvalue weighted by Crippen LogP contribution is -1.98. The van der Waals surface area contributed by atoms with E-state index in [0.29, 0.717) is 11.8 Å². The third kappa shape index (κ3) is 2.07. The summed E-state index contributed by atoms with van der Waals surface area (Å²) < 4.78 is 5.38. The van der Waals surface area contributed by atoms with Crippen LogP contribution in [0.3, 0.4) is 0 Å². The van der Waals surface area contributed by atoms with Crippen molar-refractivity contribution in [3.63, 3.8) is 0 Å². The fourth-order valence-electron chi connectivity index (χ4n) is 1.49. The van der Waals surface area contributed by atoms with Gasteiger partial charge < -0.3 is 4.42 Å². The Bertz CT molecular complexity index is 479. The van der Waals surface area contributed by atoms with Gasteiger partial charge in [0, 0.05) is 12.5 Å². The van der Waals surface area contributed by atoms with Gasteiger partial charge in [0.25, 0.3) is 0 Å². The lowest BCUT2D eigenvalue weighted by atomic mass is 10.1. The van der Waals surface area contributed by atoms with Crippen molar-refractivity contribution >= 4 is 13.9 Å². The first kappa shape index (κ1) is 10.3. The van der Waals surface area contributed by atoms with E-state index in [0.717, 1.165) is 14.1 Å². The Kier molecular flexibility index (Phi) is 2.83. The molecule has 78 valence electrons. The average Bonchev–Trinajstić information content (AvgIpc) is 2.65. The molecule has 3 nitrogen and oxygen atoms in total. The fraction of sp³-hybridized carbons (Fsp3) is 0.273. The first-order valence-electron chi connectivity index (χ1n) is 4.79. The Hall–Kier alpha value is -1.21. The third-order valence-electron chi connectivity index (χ3n) is 2.27. The highest BCUT2D eigenvalue weighted by atomic mass is 31.1. The van der Waals surface area contributed by atoms with E-state index in [9.17, 15) is 0 Å². The summed E-state index contributed by atoms with van der Waals surface area (Å²) in [5.74, 6) is 1.20. The van der Waals surface area contributed by atoms with E-state index in [1.165, 1.54) is 10.9 Å². The van der Waals surface area contributed by atoms with Crippen LogP contribution in [0.1, 0.15) is 11.5 Å². The Morgan fingerprint density at radius 3 is 2.53 bits per heavy atom. The van der Waals surface area contributed by atoms with Crippen LogP contribution < -0.4 is 5.30 Å². The van der Waals surface area contributed by atoms with Crippen molar-refractivity contribution in [1.29, 1.82) is 0 Å². The van der Waals surface area contributed by atoms with Gasteiger partial charge in [0.15, 0.2) is 0 Å². The largest absolute Gasteiger partial charge is 0.421 e. The molecule has 1 aromatic carbocycles. The average molecular weight is 220 g/mol. The number of nitrogens with zero attached hydrogens (tertiary/aromatic N) is 2. The molecule has 1 heterocycles. The molecule has 4 heteroatoms. The first-order valence-corrected chi connectivity index (χ1v) is 6.29. The summed E-state index contributed by atoms with van der Waals surface area (Å²) in [5, 5.41) is 9.20. The van der Waals surface area contributed by atoms with Crippen LogP contribution in [0.2, 0.25) is 0 Å². The normalized spacial score (nSPS) is 11.4. The van der Waals surface area contributed by atoms with Gasteiger partial charge in [-0.05, 0) is 36.6 Å². The van der Waals surface area contributed by atoms with Gasteiger partial charge >= 0.3 is 0 Å². The van der Waals surface area contributed by atoms with Gasteiger partial charge in [0.2, 0.25) is 11.8 Å². The van der Waals surface area contributed by atoms with E-state index in [2.05, 4.69) is 35.9 Å². The monoisotopic (exact) mass is 220 g/mol. The summed E-state index contributed by atoms with van der Waals surface area (Å²) in [4.78, 5) is 0. The second-order valence-corrected chi connectivity index (χ2v) is 4.44. The van der Waals surface area contributed by atoms with Gasteiger partial charge in [-0.2, -0.15) is 0 Å². The van der Waals surface area contributed by atoms with Crippen molar-refractivity contribution in [3.8, 4) is 11.5 Å². The van der Waals surface area contributed by atoms with Crippen LogP contribution in [0.25, 0.3) is 11.5 Å².